The maximum absolute atomic E-state index is 13.0. The van der Waals surface area contributed by atoms with E-state index in [1.54, 1.807) is 0 Å². The second kappa shape index (κ2) is 6.52. The fourth-order valence-corrected chi connectivity index (χ4v) is 3.56. The molecule has 5 heteroatoms. The second-order valence-corrected chi connectivity index (χ2v) is 6.87. The van der Waals surface area contributed by atoms with E-state index in [0.717, 1.165) is 37.8 Å². The minimum absolute atomic E-state index is 0.147. The van der Waals surface area contributed by atoms with Crippen LogP contribution in [0.15, 0.2) is 24.3 Å². The van der Waals surface area contributed by atoms with Gasteiger partial charge in [0.1, 0.15) is 0 Å². The molecule has 4 nitrogen and oxygen atoms in total. The highest BCUT2D eigenvalue weighted by molar-refractivity contribution is 6.30. The first-order valence-electron chi connectivity index (χ1n) is 8.29. The number of carbonyl (C=O) groups is 2. The molecule has 3 rings (SSSR count). The van der Waals surface area contributed by atoms with Gasteiger partial charge in [-0.2, -0.15) is 0 Å². The van der Waals surface area contributed by atoms with Crippen molar-refractivity contribution in [3.05, 3.63) is 34.9 Å². The summed E-state index contributed by atoms with van der Waals surface area (Å²) in [6.45, 7) is 3.40. The number of amides is 1. The molecule has 1 aromatic carbocycles. The first kappa shape index (κ1) is 16.3. The summed E-state index contributed by atoms with van der Waals surface area (Å²) in [7, 11) is 0. The van der Waals surface area contributed by atoms with Crippen molar-refractivity contribution in [2.45, 2.75) is 38.0 Å². The van der Waals surface area contributed by atoms with Gasteiger partial charge in [0.2, 0.25) is 5.91 Å². The standard InChI is InChI=1S/C18H22ClNO3/c1-2-23-16(21)13-4-3-11-20(12-13)17(22)18(9-10-18)14-5-7-15(19)8-6-14/h5-8,13H,2-4,9-12H2,1H3/t13-/m0/s1. The van der Waals surface area contributed by atoms with Gasteiger partial charge < -0.3 is 9.64 Å². The minimum atomic E-state index is -0.402. The number of hydrogen-bond acceptors (Lipinski definition) is 3. The zero-order valence-corrected chi connectivity index (χ0v) is 14.1. The van der Waals surface area contributed by atoms with Gasteiger partial charge in [0.25, 0.3) is 0 Å². The van der Waals surface area contributed by atoms with Gasteiger partial charge >= 0.3 is 5.97 Å². The molecule has 0 bridgehead atoms. The third-order valence-electron chi connectivity index (χ3n) is 4.88. The average molecular weight is 336 g/mol. The predicted molar refractivity (Wildman–Crippen MR) is 88.3 cm³/mol. The van der Waals surface area contributed by atoms with E-state index in [1.807, 2.05) is 36.1 Å². The molecule has 1 aromatic rings. The molecule has 0 N–H and O–H groups in total. The normalized spacial score (nSPS) is 22.5. The Morgan fingerprint density at radius 2 is 2.00 bits per heavy atom. The molecule has 0 spiro atoms. The minimum Gasteiger partial charge on any atom is -0.466 e. The number of halogens is 1. The van der Waals surface area contributed by atoms with E-state index >= 15 is 0 Å². The number of ether oxygens (including phenoxy) is 1. The summed E-state index contributed by atoms with van der Waals surface area (Å²) in [5.41, 5.74) is 0.631. The number of hydrogen-bond donors (Lipinski definition) is 0. The van der Waals surface area contributed by atoms with Crippen LogP contribution in [-0.2, 0) is 19.7 Å². The van der Waals surface area contributed by atoms with Crippen LogP contribution in [0.2, 0.25) is 5.02 Å². The van der Waals surface area contributed by atoms with Gasteiger partial charge in [0.15, 0.2) is 0 Å². The van der Waals surface area contributed by atoms with E-state index in [4.69, 9.17) is 16.3 Å². The van der Waals surface area contributed by atoms with E-state index in [-0.39, 0.29) is 17.8 Å². The van der Waals surface area contributed by atoms with E-state index in [2.05, 4.69) is 0 Å². The van der Waals surface area contributed by atoms with Crippen molar-refractivity contribution in [3.63, 3.8) is 0 Å². The SMILES string of the molecule is CCOC(=O)[C@H]1CCCN(C(=O)C2(c3ccc(Cl)cc3)CC2)C1. The van der Waals surface area contributed by atoms with Crippen LogP contribution in [0.3, 0.4) is 0 Å². The summed E-state index contributed by atoms with van der Waals surface area (Å²) >= 11 is 5.95. The first-order chi connectivity index (χ1) is 11.1. The van der Waals surface area contributed by atoms with Crippen molar-refractivity contribution in [1.82, 2.24) is 4.90 Å². The van der Waals surface area contributed by atoms with Crippen molar-refractivity contribution >= 4 is 23.5 Å². The molecule has 1 aliphatic heterocycles. The molecule has 0 aromatic heterocycles. The molecule has 1 aliphatic carbocycles. The Kier molecular flexibility index (Phi) is 4.62. The van der Waals surface area contributed by atoms with Gasteiger partial charge in [0.05, 0.1) is 17.9 Å². The summed E-state index contributed by atoms with van der Waals surface area (Å²) < 4.78 is 5.12. The molecule has 1 amide bonds. The Labute approximate surface area is 141 Å². The fraction of sp³-hybridized carbons (Fsp3) is 0.556. The van der Waals surface area contributed by atoms with Crippen LogP contribution < -0.4 is 0 Å². The smallest absolute Gasteiger partial charge is 0.310 e. The summed E-state index contributed by atoms with van der Waals surface area (Å²) in [6.07, 6.45) is 3.39. The molecule has 1 saturated carbocycles. The number of likely N-dealkylation sites (tertiary alicyclic amines) is 1. The molecule has 1 saturated heterocycles. The van der Waals surface area contributed by atoms with Crippen molar-refractivity contribution in [2.24, 2.45) is 5.92 Å². The topological polar surface area (TPSA) is 46.6 Å². The molecule has 2 fully saturated rings. The number of rotatable bonds is 4. The number of benzene rings is 1. The summed E-state index contributed by atoms with van der Waals surface area (Å²) in [4.78, 5) is 26.9. The molecule has 0 radical (unpaired) electrons. The van der Waals surface area contributed by atoms with Crippen molar-refractivity contribution < 1.29 is 14.3 Å². The zero-order chi connectivity index (χ0) is 16.4. The summed E-state index contributed by atoms with van der Waals surface area (Å²) in [6, 6.07) is 7.56. The summed E-state index contributed by atoms with van der Waals surface area (Å²) in [5.74, 6) is -0.219. The monoisotopic (exact) mass is 335 g/mol. The lowest BCUT2D eigenvalue weighted by Crippen LogP contribution is -2.47. The Morgan fingerprint density at radius 1 is 1.30 bits per heavy atom. The lowest BCUT2D eigenvalue weighted by Gasteiger charge is -2.34. The number of piperidine rings is 1. The number of nitrogens with zero attached hydrogens (tertiary/aromatic N) is 1. The molecule has 23 heavy (non-hydrogen) atoms. The van der Waals surface area contributed by atoms with Crippen LogP contribution in [0.25, 0.3) is 0 Å². The van der Waals surface area contributed by atoms with Crippen LogP contribution in [0.1, 0.15) is 38.2 Å². The van der Waals surface area contributed by atoms with Crippen LogP contribution in [-0.4, -0.2) is 36.5 Å². The molecule has 124 valence electrons. The Bertz CT molecular complexity index is 595. The third kappa shape index (κ3) is 3.23. The lowest BCUT2D eigenvalue weighted by molar-refractivity contribution is -0.151. The molecular formula is C18H22ClNO3. The average Bonchev–Trinajstić information content (AvgIpc) is 3.37. The quantitative estimate of drug-likeness (QED) is 0.794. The van der Waals surface area contributed by atoms with E-state index in [0.29, 0.717) is 18.2 Å². The number of esters is 1. The van der Waals surface area contributed by atoms with Crippen molar-refractivity contribution in [2.75, 3.05) is 19.7 Å². The molecule has 2 aliphatic rings. The predicted octanol–water partition coefficient (Wildman–Crippen LogP) is 3.17. The lowest BCUT2D eigenvalue weighted by atomic mass is 9.91. The van der Waals surface area contributed by atoms with E-state index < -0.39 is 5.41 Å². The van der Waals surface area contributed by atoms with Gasteiger partial charge in [-0.3, -0.25) is 9.59 Å². The highest BCUT2D eigenvalue weighted by Gasteiger charge is 2.53. The first-order valence-corrected chi connectivity index (χ1v) is 8.66. The van der Waals surface area contributed by atoms with Crippen LogP contribution in [0.4, 0.5) is 0 Å². The van der Waals surface area contributed by atoms with Crippen LogP contribution >= 0.6 is 11.6 Å². The van der Waals surface area contributed by atoms with Gasteiger partial charge in [-0.05, 0) is 50.3 Å². The molecule has 0 unspecified atom stereocenters. The largest absolute Gasteiger partial charge is 0.466 e. The molecule has 1 heterocycles. The maximum Gasteiger partial charge on any atom is 0.310 e. The van der Waals surface area contributed by atoms with Gasteiger partial charge in [-0.1, -0.05) is 23.7 Å². The highest BCUT2D eigenvalue weighted by Crippen LogP contribution is 2.50. The van der Waals surface area contributed by atoms with E-state index in [9.17, 15) is 9.59 Å². The molecule has 1 atom stereocenters. The maximum atomic E-state index is 13.0. The van der Waals surface area contributed by atoms with Gasteiger partial charge in [-0.15, -0.1) is 0 Å². The Morgan fingerprint density at radius 3 is 2.61 bits per heavy atom. The highest BCUT2D eigenvalue weighted by atomic mass is 35.5. The van der Waals surface area contributed by atoms with Crippen LogP contribution in [0.5, 0.6) is 0 Å². The fourth-order valence-electron chi connectivity index (χ4n) is 3.44. The third-order valence-corrected chi connectivity index (χ3v) is 5.14. The van der Waals surface area contributed by atoms with Crippen molar-refractivity contribution in [1.29, 1.82) is 0 Å². The zero-order valence-electron chi connectivity index (χ0n) is 13.4. The number of carbonyl (C=O) groups excluding carboxylic acids is 2. The summed E-state index contributed by atoms with van der Waals surface area (Å²) in [5, 5.41) is 0.678. The van der Waals surface area contributed by atoms with E-state index in [1.165, 1.54) is 0 Å². The van der Waals surface area contributed by atoms with Crippen LogP contribution in [0, 0.1) is 5.92 Å². The second-order valence-electron chi connectivity index (χ2n) is 6.43. The Hall–Kier alpha value is -1.55. The molecular weight excluding hydrogens is 314 g/mol. The Balaban J connectivity index is 1.72. The van der Waals surface area contributed by atoms with Gasteiger partial charge in [0, 0.05) is 18.1 Å². The van der Waals surface area contributed by atoms with Crippen molar-refractivity contribution in [3.8, 4) is 0 Å². The van der Waals surface area contributed by atoms with Gasteiger partial charge in [-0.25, -0.2) is 0 Å².